The van der Waals surface area contributed by atoms with E-state index in [0.29, 0.717) is 30.2 Å². The number of amides is 1. The first kappa shape index (κ1) is 16.0. The van der Waals surface area contributed by atoms with Crippen molar-refractivity contribution < 1.29 is 9.32 Å². The van der Waals surface area contributed by atoms with Gasteiger partial charge in [-0.2, -0.15) is 4.98 Å². The molecule has 0 fully saturated rings. The molecule has 3 aromatic heterocycles. The van der Waals surface area contributed by atoms with E-state index in [4.69, 9.17) is 4.52 Å². The van der Waals surface area contributed by atoms with E-state index in [-0.39, 0.29) is 5.91 Å². The topological polar surface area (TPSA) is 85.3 Å². The molecule has 0 spiro atoms. The van der Waals surface area contributed by atoms with Crippen LogP contribution in [0.5, 0.6) is 0 Å². The van der Waals surface area contributed by atoms with Crippen LogP contribution >= 0.6 is 0 Å². The van der Waals surface area contributed by atoms with Crippen LogP contribution in [0.3, 0.4) is 0 Å². The fraction of sp³-hybridized carbons (Fsp3) is 0.158. The fourth-order valence-electron chi connectivity index (χ4n) is 2.69. The lowest BCUT2D eigenvalue weighted by molar-refractivity contribution is 0.0954. The number of benzene rings is 1. The van der Waals surface area contributed by atoms with Crippen LogP contribution in [0.1, 0.15) is 21.9 Å². The van der Waals surface area contributed by atoms with Crippen LogP contribution in [0.25, 0.3) is 17.1 Å². The molecule has 0 aliphatic rings. The first-order chi connectivity index (χ1) is 12.7. The molecule has 1 N–H and O–H groups in total. The minimum Gasteiger partial charge on any atom is -0.352 e. The van der Waals surface area contributed by atoms with Crippen molar-refractivity contribution in [3.05, 3.63) is 71.9 Å². The molecule has 0 bridgehead atoms. The maximum absolute atomic E-state index is 12.3. The second-order valence-corrected chi connectivity index (χ2v) is 5.93. The molecular formula is C19H17N5O2. The quantitative estimate of drug-likeness (QED) is 0.600. The number of rotatable bonds is 5. The highest BCUT2D eigenvalue weighted by Crippen LogP contribution is 2.17. The first-order valence-corrected chi connectivity index (χ1v) is 8.30. The second-order valence-electron chi connectivity index (χ2n) is 5.93. The molecule has 0 aliphatic carbocycles. The second kappa shape index (κ2) is 6.79. The summed E-state index contributed by atoms with van der Waals surface area (Å²) in [4.78, 5) is 21.0. The van der Waals surface area contributed by atoms with Crippen molar-refractivity contribution in [3.63, 3.8) is 0 Å². The van der Waals surface area contributed by atoms with Crippen LogP contribution in [0.2, 0.25) is 0 Å². The SMILES string of the molecule is Cc1noc(-c2ccc(C(=O)NCCc3cn4ccccc4n3)cc2)n1. The summed E-state index contributed by atoms with van der Waals surface area (Å²) < 4.78 is 7.09. The van der Waals surface area contributed by atoms with E-state index in [1.807, 2.05) is 35.0 Å². The molecule has 0 aliphatic heterocycles. The zero-order chi connectivity index (χ0) is 17.9. The lowest BCUT2D eigenvalue weighted by atomic mass is 10.1. The summed E-state index contributed by atoms with van der Waals surface area (Å²) in [6.45, 7) is 2.28. The molecule has 0 radical (unpaired) electrons. The minimum absolute atomic E-state index is 0.123. The van der Waals surface area contributed by atoms with E-state index in [1.54, 1.807) is 31.2 Å². The Kier molecular flexibility index (Phi) is 4.18. The third-order valence-corrected chi connectivity index (χ3v) is 4.00. The summed E-state index contributed by atoms with van der Waals surface area (Å²) in [5, 5.41) is 6.68. The highest BCUT2D eigenvalue weighted by atomic mass is 16.5. The van der Waals surface area contributed by atoms with Gasteiger partial charge in [0.25, 0.3) is 11.8 Å². The Morgan fingerprint density at radius 2 is 2.00 bits per heavy atom. The van der Waals surface area contributed by atoms with Crippen molar-refractivity contribution in [3.8, 4) is 11.5 Å². The molecule has 26 heavy (non-hydrogen) atoms. The van der Waals surface area contributed by atoms with Crippen molar-refractivity contribution in [2.75, 3.05) is 6.54 Å². The van der Waals surface area contributed by atoms with Crippen LogP contribution in [0.4, 0.5) is 0 Å². The number of hydrogen-bond donors (Lipinski definition) is 1. The largest absolute Gasteiger partial charge is 0.352 e. The van der Waals surface area contributed by atoms with Gasteiger partial charge in [0.2, 0.25) is 0 Å². The lowest BCUT2D eigenvalue weighted by Gasteiger charge is -2.04. The average Bonchev–Trinajstić information content (AvgIpc) is 3.27. The fourth-order valence-corrected chi connectivity index (χ4v) is 2.69. The molecule has 4 aromatic rings. The molecule has 7 heteroatoms. The van der Waals surface area contributed by atoms with Crippen LogP contribution in [-0.4, -0.2) is 32.0 Å². The predicted octanol–water partition coefficient (Wildman–Crippen LogP) is 2.67. The number of nitrogens with zero attached hydrogens (tertiary/aromatic N) is 4. The van der Waals surface area contributed by atoms with Crippen LogP contribution in [0.15, 0.2) is 59.4 Å². The smallest absolute Gasteiger partial charge is 0.257 e. The molecule has 1 amide bonds. The molecule has 130 valence electrons. The number of imidazole rings is 1. The van der Waals surface area contributed by atoms with Gasteiger partial charge < -0.3 is 14.2 Å². The van der Waals surface area contributed by atoms with Crippen molar-refractivity contribution >= 4 is 11.6 Å². The van der Waals surface area contributed by atoms with Gasteiger partial charge in [-0.15, -0.1) is 0 Å². The molecule has 4 rings (SSSR count). The molecule has 0 saturated heterocycles. The Bertz CT molecular complexity index is 1020. The van der Waals surface area contributed by atoms with Gasteiger partial charge in [0.05, 0.1) is 5.69 Å². The number of aromatic nitrogens is 4. The van der Waals surface area contributed by atoms with E-state index in [0.717, 1.165) is 16.9 Å². The highest BCUT2D eigenvalue weighted by molar-refractivity contribution is 5.94. The van der Waals surface area contributed by atoms with Gasteiger partial charge in [0.1, 0.15) is 5.65 Å². The minimum atomic E-state index is -0.123. The summed E-state index contributed by atoms with van der Waals surface area (Å²) in [5.41, 5.74) is 3.21. The van der Waals surface area contributed by atoms with E-state index in [9.17, 15) is 4.79 Å². The Morgan fingerprint density at radius 1 is 1.15 bits per heavy atom. The molecule has 0 unspecified atom stereocenters. The number of hydrogen-bond acceptors (Lipinski definition) is 5. The zero-order valence-electron chi connectivity index (χ0n) is 14.2. The van der Waals surface area contributed by atoms with E-state index >= 15 is 0 Å². The van der Waals surface area contributed by atoms with Crippen molar-refractivity contribution in [2.24, 2.45) is 0 Å². The van der Waals surface area contributed by atoms with Gasteiger partial charge in [0, 0.05) is 36.5 Å². The number of pyridine rings is 1. The Labute approximate surface area is 149 Å². The summed E-state index contributed by atoms with van der Waals surface area (Å²) in [6.07, 6.45) is 4.60. The normalized spacial score (nSPS) is 11.0. The van der Waals surface area contributed by atoms with Crippen molar-refractivity contribution in [1.29, 1.82) is 0 Å². The summed E-state index contributed by atoms with van der Waals surface area (Å²) in [7, 11) is 0. The maximum atomic E-state index is 12.3. The van der Waals surface area contributed by atoms with E-state index < -0.39 is 0 Å². The highest BCUT2D eigenvalue weighted by Gasteiger charge is 2.09. The Hall–Kier alpha value is -3.48. The van der Waals surface area contributed by atoms with Crippen LogP contribution in [-0.2, 0) is 6.42 Å². The molecular weight excluding hydrogens is 330 g/mol. The van der Waals surface area contributed by atoms with Gasteiger partial charge in [-0.3, -0.25) is 4.79 Å². The van der Waals surface area contributed by atoms with E-state index in [2.05, 4.69) is 20.4 Å². The first-order valence-electron chi connectivity index (χ1n) is 8.30. The van der Waals surface area contributed by atoms with E-state index in [1.165, 1.54) is 0 Å². The van der Waals surface area contributed by atoms with Gasteiger partial charge in [0.15, 0.2) is 5.82 Å². The van der Waals surface area contributed by atoms with Gasteiger partial charge in [-0.25, -0.2) is 4.98 Å². The summed E-state index contributed by atoms with van der Waals surface area (Å²) in [6, 6.07) is 12.9. The number of nitrogens with one attached hydrogen (secondary N) is 1. The predicted molar refractivity (Wildman–Crippen MR) is 95.7 cm³/mol. The van der Waals surface area contributed by atoms with Gasteiger partial charge in [-0.1, -0.05) is 11.2 Å². The van der Waals surface area contributed by atoms with Gasteiger partial charge in [-0.05, 0) is 43.3 Å². The van der Waals surface area contributed by atoms with Crippen LogP contribution in [0, 0.1) is 6.92 Å². The zero-order valence-corrected chi connectivity index (χ0v) is 14.2. The number of fused-ring (bicyclic) bond motifs is 1. The summed E-state index contributed by atoms with van der Waals surface area (Å²) >= 11 is 0. The molecule has 0 atom stereocenters. The molecule has 3 heterocycles. The summed E-state index contributed by atoms with van der Waals surface area (Å²) in [5.74, 6) is 0.900. The number of aryl methyl sites for hydroxylation is 1. The van der Waals surface area contributed by atoms with Crippen LogP contribution < -0.4 is 5.32 Å². The maximum Gasteiger partial charge on any atom is 0.257 e. The standard InChI is InChI=1S/C19H17N5O2/c1-13-21-19(26-23-13)15-7-5-14(6-8-15)18(25)20-10-9-16-12-24-11-3-2-4-17(24)22-16/h2-8,11-12H,9-10H2,1H3,(H,20,25). The van der Waals surface area contributed by atoms with Crippen molar-refractivity contribution in [2.45, 2.75) is 13.3 Å². The Balaban J connectivity index is 1.35. The number of carbonyl (C=O) groups excluding carboxylic acids is 1. The average molecular weight is 347 g/mol. The Morgan fingerprint density at radius 3 is 2.73 bits per heavy atom. The molecule has 0 saturated carbocycles. The van der Waals surface area contributed by atoms with Crippen molar-refractivity contribution in [1.82, 2.24) is 24.8 Å². The molecule has 7 nitrogen and oxygen atoms in total. The third kappa shape index (κ3) is 3.32. The molecule has 1 aromatic carbocycles. The van der Waals surface area contributed by atoms with Gasteiger partial charge >= 0.3 is 0 Å². The number of carbonyl (C=O) groups is 1. The monoisotopic (exact) mass is 347 g/mol. The lowest BCUT2D eigenvalue weighted by Crippen LogP contribution is -2.25. The third-order valence-electron chi connectivity index (χ3n) is 4.00.